The summed E-state index contributed by atoms with van der Waals surface area (Å²) in [5, 5.41) is 29.9. The second-order valence-electron chi connectivity index (χ2n) is 12.7. The fourth-order valence-corrected chi connectivity index (χ4v) is 7.54. The van der Waals surface area contributed by atoms with Crippen molar-refractivity contribution >= 4 is 47.3 Å². The van der Waals surface area contributed by atoms with Crippen LogP contribution in [0, 0.1) is 0 Å². The van der Waals surface area contributed by atoms with Gasteiger partial charge in [-0.3, -0.25) is 29.6 Å². The Kier molecular flexibility index (Phi) is 16.2. The number of ether oxygens (including phenoxy) is 1. The molecule has 58 heavy (non-hydrogen) atoms. The van der Waals surface area contributed by atoms with Crippen LogP contribution in [0.25, 0.3) is 0 Å². The summed E-state index contributed by atoms with van der Waals surface area (Å²) in [6.07, 6.45) is 0. The Bertz CT molecular complexity index is 2210. The molecule has 0 aliphatic heterocycles. The van der Waals surface area contributed by atoms with Crippen LogP contribution < -0.4 is 0 Å². The van der Waals surface area contributed by atoms with Crippen molar-refractivity contribution in [1.29, 1.82) is 0 Å². The highest BCUT2D eigenvalue weighted by molar-refractivity contribution is 8.00. The summed E-state index contributed by atoms with van der Waals surface area (Å²) in [5.41, 5.74) is 3.94. The van der Waals surface area contributed by atoms with Gasteiger partial charge in [-0.05, 0) is 77.7 Å². The second-order valence-corrected chi connectivity index (χ2v) is 15.0. The molecule has 0 aromatic heterocycles. The maximum atomic E-state index is 12.4. The minimum atomic E-state index is -0.907. The summed E-state index contributed by atoms with van der Waals surface area (Å²) in [5.74, 6) is -2.13. The van der Waals surface area contributed by atoms with Crippen LogP contribution in [0.15, 0.2) is 180 Å². The predicted molar refractivity (Wildman–Crippen MR) is 223 cm³/mol. The van der Waals surface area contributed by atoms with Gasteiger partial charge < -0.3 is 9.84 Å². The van der Waals surface area contributed by atoms with Crippen LogP contribution in [0.1, 0.15) is 60.4 Å². The molecule has 0 saturated carbocycles. The number of carboxylic acids is 1. The summed E-state index contributed by atoms with van der Waals surface area (Å²) in [4.78, 5) is 50.2. The number of hydroxylamine groups is 4. The Balaban J connectivity index is 0.000000221. The fraction of sp³-hybridized carbons (Fsp3) is 0.130. The molecule has 0 aliphatic carbocycles. The van der Waals surface area contributed by atoms with Crippen molar-refractivity contribution in [3.05, 3.63) is 203 Å². The lowest BCUT2D eigenvalue weighted by molar-refractivity contribution is -0.142. The smallest absolute Gasteiger partial charge is 0.323 e. The maximum Gasteiger partial charge on any atom is 0.323 e. The van der Waals surface area contributed by atoms with Crippen molar-refractivity contribution in [2.45, 2.75) is 40.3 Å². The van der Waals surface area contributed by atoms with Crippen LogP contribution in [-0.4, -0.2) is 56.0 Å². The molecule has 6 aromatic carbocycles. The largest absolute Gasteiger partial charge is 0.480 e. The average molecular weight is 815 g/mol. The van der Waals surface area contributed by atoms with Gasteiger partial charge in [0.25, 0.3) is 11.8 Å². The van der Waals surface area contributed by atoms with Crippen LogP contribution in [0.3, 0.4) is 0 Å². The predicted octanol–water partition coefficient (Wildman–Crippen LogP) is 9.75. The van der Waals surface area contributed by atoms with Crippen molar-refractivity contribution < 1.29 is 39.4 Å². The first-order valence-corrected chi connectivity index (χ1v) is 20.0. The van der Waals surface area contributed by atoms with Gasteiger partial charge in [-0.1, -0.05) is 121 Å². The van der Waals surface area contributed by atoms with Crippen molar-refractivity contribution in [2.24, 2.45) is 0 Å². The molecule has 2 unspecified atom stereocenters. The molecule has 10 nitrogen and oxygen atoms in total. The number of carbonyl (C=O) groups excluding carboxylic acids is 3. The topological polar surface area (TPSA) is 145 Å². The van der Waals surface area contributed by atoms with Gasteiger partial charge in [0, 0.05) is 20.9 Å². The number of amides is 2. The fourth-order valence-electron chi connectivity index (χ4n) is 5.55. The number of esters is 1. The number of hydrogen-bond donors (Lipinski definition) is 3. The lowest BCUT2D eigenvalue weighted by Crippen LogP contribution is -2.26. The Morgan fingerprint density at radius 1 is 0.517 bits per heavy atom. The Labute approximate surface area is 345 Å². The second kappa shape index (κ2) is 21.9. The molecule has 0 heterocycles. The minimum Gasteiger partial charge on any atom is -0.480 e. The molecule has 3 N–H and O–H groups in total. The third-order valence-electron chi connectivity index (χ3n) is 8.46. The van der Waals surface area contributed by atoms with Gasteiger partial charge in [0.15, 0.2) is 0 Å². The van der Waals surface area contributed by atoms with Gasteiger partial charge in [-0.15, -0.1) is 23.5 Å². The van der Waals surface area contributed by atoms with E-state index < -0.39 is 28.3 Å². The molecular weight excluding hydrogens is 773 g/mol. The van der Waals surface area contributed by atoms with E-state index in [-0.39, 0.29) is 19.1 Å². The van der Waals surface area contributed by atoms with Crippen molar-refractivity contribution in [2.75, 3.05) is 6.61 Å². The summed E-state index contributed by atoms with van der Waals surface area (Å²) < 4.78 is 5.24. The average Bonchev–Trinajstić information content (AvgIpc) is 3.26. The maximum absolute atomic E-state index is 12.4. The first kappa shape index (κ1) is 43.0. The zero-order chi connectivity index (χ0) is 41.3. The number of thioether (sulfide) groups is 2. The van der Waals surface area contributed by atoms with E-state index in [0.29, 0.717) is 27.9 Å². The van der Waals surface area contributed by atoms with E-state index in [2.05, 4.69) is 0 Å². The van der Waals surface area contributed by atoms with Crippen molar-refractivity contribution in [3.8, 4) is 0 Å². The molecular formula is C46H42N2O8S2. The molecule has 0 saturated heterocycles. The van der Waals surface area contributed by atoms with Crippen molar-refractivity contribution in [1.82, 2.24) is 10.1 Å². The number of nitrogens with zero attached hydrogens (tertiary/aromatic N) is 2. The molecule has 6 aromatic rings. The Hall–Kier alpha value is -6.18. The van der Waals surface area contributed by atoms with E-state index in [1.165, 1.54) is 23.5 Å². The molecule has 0 spiro atoms. The lowest BCUT2D eigenvalue weighted by Gasteiger charge is -2.17. The molecule has 0 fully saturated rings. The number of carbonyl (C=O) groups is 4. The Morgan fingerprint density at radius 3 is 1.22 bits per heavy atom. The van der Waals surface area contributed by atoms with E-state index >= 15 is 0 Å². The number of benzene rings is 6. The highest BCUT2D eigenvalue weighted by Crippen LogP contribution is 2.37. The summed E-state index contributed by atoms with van der Waals surface area (Å²) >= 11 is 2.64. The monoisotopic (exact) mass is 814 g/mol. The van der Waals surface area contributed by atoms with Gasteiger partial charge in [0.05, 0.1) is 19.7 Å². The molecule has 2 atom stereocenters. The minimum absolute atomic E-state index is 0.0414. The van der Waals surface area contributed by atoms with Gasteiger partial charge in [-0.2, -0.15) is 0 Å². The van der Waals surface area contributed by atoms with E-state index in [9.17, 15) is 34.7 Å². The van der Waals surface area contributed by atoms with Gasteiger partial charge in [-0.25, -0.2) is 10.1 Å². The number of rotatable bonds is 15. The zero-order valence-corrected chi connectivity index (χ0v) is 33.2. The molecule has 0 aliphatic rings. The zero-order valence-electron chi connectivity index (χ0n) is 31.5. The van der Waals surface area contributed by atoms with Gasteiger partial charge in [0.1, 0.15) is 10.5 Å². The molecule has 6 rings (SSSR count). The van der Waals surface area contributed by atoms with Gasteiger partial charge >= 0.3 is 11.9 Å². The summed E-state index contributed by atoms with van der Waals surface area (Å²) in [6, 6.07) is 50.3. The normalized spacial score (nSPS) is 11.6. The third-order valence-corrected chi connectivity index (χ3v) is 11.0. The molecule has 2 amide bonds. The molecule has 0 bridgehead atoms. The SMILES string of the molecule is CCOC(=O)C(Sc1ccc(CN(O)C(=O)c2ccccc2)cc1)c1ccccc1.O=C(O)C(Sc1ccc(CN(O)C(=O)c2ccccc2)cc1)c1ccccc1. The lowest BCUT2D eigenvalue weighted by atomic mass is 10.1. The van der Waals surface area contributed by atoms with E-state index in [1.54, 1.807) is 97.9 Å². The van der Waals surface area contributed by atoms with Crippen molar-refractivity contribution in [3.63, 3.8) is 0 Å². The van der Waals surface area contributed by atoms with Crippen LogP contribution in [0.4, 0.5) is 0 Å². The number of aliphatic carboxylic acids is 1. The summed E-state index contributed by atoms with van der Waals surface area (Å²) in [7, 11) is 0. The quantitative estimate of drug-likeness (QED) is 0.0397. The first-order valence-electron chi connectivity index (χ1n) is 18.2. The van der Waals surface area contributed by atoms with E-state index in [0.717, 1.165) is 32.0 Å². The van der Waals surface area contributed by atoms with Crippen LogP contribution >= 0.6 is 23.5 Å². The highest BCUT2D eigenvalue weighted by Gasteiger charge is 2.24. The van der Waals surface area contributed by atoms with E-state index in [1.807, 2.05) is 78.9 Å². The van der Waals surface area contributed by atoms with Gasteiger partial charge in [0.2, 0.25) is 0 Å². The number of hydrogen-bond acceptors (Lipinski definition) is 9. The Morgan fingerprint density at radius 2 is 0.862 bits per heavy atom. The number of carboxylic acid groups (broad SMARTS) is 1. The molecule has 296 valence electrons. The third kappa shape index (κ3) is 12.7. The van der Waals surface area contributed by atoms with E-state index in [4.69, 9.17) is 4.74 Å². The van der Waals surface area contributed by atoms with Crippen LogP contribution in [0.2, 0.25) is 0 Å². The first-order chi connectivity index (χ1) is 28.1. The molecule has 0 radical (unpaired) electrons. The summed E-state index contributed by atoms with van der Waals surface area (Å²) in [6.45, 7) is 2.22. The molecule has 12 heteroatoms. The van der Waals surface area contributed by atoms with Crippen LogP contribution in [-0.2, 0) is 27.4 Å². The van der Waals surface area contributed by atoms with Crippen LogP contribution in [0.5, 0.6) is 0 Å². The standard InChI is InChI=1S/C24H23NO4S.C22H19NO4S/c1-2-29-24(27)22(19-9-5-3-6-10-19)30-21-15-13-18(14-16-21)17-25(28)23(26)20-11-7-4-8-12-20;24-21(18-9-5-2-6-10-18)23(27)15-16-11-13-19(14-12-16)28-20(22(25)26)17-7-3-1-4-8-17/h3-16,22,28H,2,17H2,1H3;1-14,20,27H,15H2,(H,25,26). The highest BCUT2D eigenvalue weighted by atomic mass is 32.2.